The van der Waals surface area contributed by atoms with Crippen molar-refractivity contribution in [2.45, 2.75) is 11.1 Å². The van der Waals surface area contributed by atoms with E-state index in [4.69, 9.17) is 9.79 Å². The lowest BCUT2D eigenvalue weighted by Gasteiger charge is -2.09. The zero-order valence-electron chi connectivity index (χ0n) is 8.29. The number of hydrogen-bond donors (Lipinski definition) is 2. The molecule has 0 spiro atoms. The predicted octanol–water partition coefficient (Wildman–Crippen LogP) is 1.61. The maximum Gasteiger partial charge on any atom is 0.426 e. The molecule has 0 unspecified atom stereocenters. The molecule has 0 atom stereocenters. The van der Waals surface area contributed by atoms with Gasteiger partial charge in [0.15, 0.2) is 6.35 Å². The van der Waals surface area contributed by atoms with Crippen molar-refractivity contribution in [3.8, 4) is 0 Å². The van der Waals surface area contributed by atoms with Gasteiger partial charge in [0.05, 0.1) is 0 Å². The Morgan fingerprint density at radius 2 is 1.94 bits per heavy atom. The van der Waals surface area contributed by atoms with Crippen LogP contribution in [0.15, 0.2) is 16.3 Å². The van der Waals surface area contributed by atoms with Gasteiger partial charge < -0.3 is 9.79 Å². The van der Waals surface area contributed by atoms with Gasteiger partial charge in [-0.05, 0) is 11.4 Å². The average molecular weight is 326 g/mol. The van der Waals surface area contributed by atoms with E-state index in [2.05, 4.69) is 4.18 Å². The van der Waals surface area contributed by atoms with Crippen molar-refractivity contribution in [3.63, 3.8) is 0 Å². The molecule has 12 heteroatoms. The van der Waals surface area contributed by atoms with Crippen molar-refractivity contribution in [1.82, 2.24) is 0 Å². The molecule has 0 fully saturated rings. The second-order valence-corrected chi connectivity index (χ2v) is 7.06. The predicted molar refractivity (Wildman–Crippen MR) is 54.5 cm³/mol. The van der Waals surface area contributed by atoms with Crippen molar-refractivity contribution in [2.24, 2.45) is 0 Å². The molecule has 1 rings (SSSR count). The van der Waals surface area contributed by atoms with Crippen LogP contribution in [0.1, 0.15) is 4.88 Å². The van der Waals surface area contributed by atoms with Gasteiger partial charge in [0, 0.05) is 0 Å². The van der Waals surface area contributed by atoms with E-state index in [0.717, 1.165) is 5.38 Å². The van der Waals surface area contributed by atoms with E-state index < -0.39 is 40.0 Å². The normalized spacial score (nSPS) is 13.8. The van der Waals surface area contributed by atoms with Crippen LogP contribution in [0.4, 0.5) is 13.2 Å². The fourth-order valence-corrected chi connectivity index (χ4v) is 3.91. The zero-order chi connectivity index (χ0) is 14.2. The lowest BCUT2D eigenvalue weighted by Crippen LogP contribution is -2.13. The third-order valence-electron chi connectivity index (χ3n) is 1.53. The minimum Gasteiger partial charge on any atom is -0.323 e. The van der Waals surface area contributed by atoms with E-state index in [1.165, 1.54) is 0 Å². The maximum atomic E-state index is 12.4. The fraction of sp³-hybridized carbons (Fsp3) is 0.333. The number of thiophene rings is 1. The van der Waals surface area contributed by atoms with Gasteiger partial charge >= 0.3 is 13.8 Å². The lowest BCUT2D eigenvalue weighted by atomic mass is 10.5. The molecular weight excluding hydrogens is 320 g/mol. The monoisotopic (exact) mass is 326 g/mol. The first-order valence-electron chi connectivity index (χ1n) is 4.02. The molecule has 104 valence electrons. The number of rotatable bonds is 4. The van der Waals surface area contributed by atoms with Crippen molar-refractivity contribution in [1.29, 1.82) is 0 Å². The summed E-state index contributed by atoms with van der Waals surface area (Å²) < 4.78 is 74.3. The Bertz CT molecular complexity index is 570. The molecule has 0 aliphatic carbocycles. The first kappa shape index (κ1) is 15.6. The Hall–Kier alpha value is -0.450. The Morgan fingerprint density at radius 1 is 1.39 bits per heavy atom. The molecule has 0 aromatic carbocycles. The van der Waals surface area contributed by atoms with Gasteiger partial charge in [0.1, 0.15) is 9.77 Å². The highest BCUT2D eigenvalue weighted by atomic mass is 32.2. The van der Waals surface area contributed by atoms with Crippen molar-refractivity contribution in [3.05, 3.63) is 16.3 Å². The number of halogens is 3. The van der Waals surface area contributed by atoms with Gasteiger partial charge in [-0.2, -0.15) is 21.6 Å². The van der Waals surface area contributed by atoms with Gasteiger partial charge in [-0.1, -0.05) is 0 Å². The van der Waals surface area contributed by atoms with Crippen LogP contribution in [0.2, 0.25) is 0 Å². The van der Waals surface area contributed by atoms with Crippen molar-refractivity contribution < 1.29 is 40.1 Å². The molecule has 0 saturated heterocycles. The third kappa shape index (κ3) is 4.04. The van der Waals surface area contributed by atoms with E-state index in [0.29, 0.717) is 6.07 Å². The summed E-state index contributed by atoms with van der Waals surface area (Å²) in [5, 5.41) is 0.885. The summed E-state index contributed by atoms with van der Waals surface area (Å²) in [6.07, 6.45) is -6.40. The average Bonchev–Trinajstić information content (AvgIpc) is 2.61. The minimum atomic E-state index is -4.89. The van der Waals surface area contributed by atoms with Crippen LogP contribution in [-0.2, 0) is 25.0 Å². The van der Waals surface area contributed by atoms with Crippen LogP contribution in [0.25, 0.3) is 0 Å². The molecule has 18 heavy (non-hydrogen) atoms. The third-order valence-corrected chi connectivity index (χ3v) is 4.57. The van der Waals surface area contributed by atoms with E-state index >= 15 is 0 Å². The molecule has 0 radical (unpaired) electrons. The van der Waals surface area contributed by atoms with Crippen molar-refractivity contribution >= 4 is 29.1 Å². The largest absolute Gasteiger partial charge is 0.426 e. The molecule has 1 aromatic heterocycles. The Kier molecular flexibility index (Phi) is 4.26. The molecule has 0 amide bonds. The Morgan fingerprint density at radius 3 is 2.39 bits per heavy atom. The summed E-state index contributed by atoms with van der Waals surface area (Å²) in [7, 11) is -9.66. The van der Waals surface area contributed by atoms with E-state index in [9.17, 15) is 26.2 Å². The molecule has 1 aromatic rings. The molecule has 0 aliphatic rings. The standard InChI is InChI=1S/C6H6F3O6PS2/c7-6(8,9)5-4(1-2-17-5)18(13,14)15-3-16(10,11)12/h1-2H,3H2,(H2,10,11,12). The molecule has 2 N–H and O–H groups in total. The first-order valence-corrected chi connectivity index (χ1v) is 8.11. The van der Waals surface area contributed by atoms with Crippen molar-refractivity contribution in [2.75, 3.05) is 6.35 Å². The van der Waals surface area contributed by atoms with Crippen LogP contribution in [0.5, 0.6) is 0 Å². The first-order chi connectivity index (χ1) is 7.93. The highest BCUT2D eigenvalue weighted by molar-refractivity contribution is 7.87. The van der Waals surface area contributed by atoms with E-state index in [1.807, 2.05) is 0 Å². The SMILES string of the molecule is O=P(O)(O)COS(=O)(=O)c1ccsc1C(F)(F)F. The summed E-state index contributed by atoms with van der Waals surface area (Å²) in [6.45, 7) is 0. The topological polar surface area (TPSA) is 101 Å². The lowest BCUT2D eigenvalue weighted by molar-refractivity contribution is -0.136. The molecule has 6 nitrogen and oxygen atoms in total. The summed E-state index contributed by atoms with van der Waals surface area (Å²) in [5.74, 6) is 0. The van der Waals surface area contributed by atoms with Crippen LogP contribution < -0.4 is 0 Å². The summed E-state index contributed by atoms with van der Waals surface area (Å²) in [6, 6.07) is 0.655. The second kappa shape index (κ2) is 4.91. The van der Waals surface area contributed by atoms with Gasteiger partial charge in [-0.15, -0.1) is 11.3 Å². The van der Waals surface area contributed by atoms with E-state index in [-0.39, 0.29) is 11.3 Å². The molecule has 0 bridgehead atoms. The summed E-state index contributed by atoms with van der Waals surface area (Å²) in [4.78, 5) is 14.3. The Balaban J connectivity index is 3.08. The van der Waals surface area contributed by atoms with E-state index in [1.54, 1.807) is 0 Å². The molecular formula is C6H6F3O6PS2. The van der Waals surface area contributed by atoms with Gasteiger partial charge in [0.2, 0.25) is 0 Å². The molecule has 0 aliphatic heterocycles. The maximum absolute atomic E-state index is 12.4. The zero-order valence-corrected chi connectivity index (χ0v) is 10.8. The fourth-order valence-electron chi connectivity index (χ4n) is 0.903. The van der Waals surface area contributed by atoms with Gasteiger partial charge in [-0.3, -0.25) is 8.75 Å². The van der Waals surface area contributed by atoms with Gasteiger partial charge in [-0.25, -0.2) is 0 Å². The quantitative estimate of drug-likeness (QED) is 0.644. The molecule has 0 saturated carbocycles. The summed E-state index contributed by atoms with van der Waals surface area (Å²) >= 11 is 0.138. The van der Waals surface area contributed by atoms with Gasteiger partial charge in [0.25, 0.3) is 10.1 Å². The Labute approximate surface area is 103 Å². The summed E-state index contributed by atoms with van der Waals surface area (Å²) in [5.41, 5.74) is 0. The highest BCUT2D eigenvalue weighted by Crippen LogP contribution is 2.40. The van der Waals surface area contributed by atoms with Crippen LogP contribution in [0.3, 0.4) is 0 Å². The minimum absolute atomic E-state index is 0.138. The number of hydrogen-bond acceptors (Lipinski definition) is 5. The highest BCUT2D eigenvalue weighted by Gasteiger charge is 2.39. The smallest absolute Gasteiger partial charge is 0.323 e. The second-order valence-electron chi connectivity index (χ2n) is 2.98. The number of alkyl halides is 3. The van der Waals surface area contributed by atoms with Crippen LogP contribution in [0, 0.1) is 0 Å². The van der Waals surface area contributed by atoms with Crippen LogP contribution >= 0.6 is 18.9 Å². The molecule has 1 heterocycles. The van der Waals surface area contributed by atoms with Crippen LogP contribution in [-0.4, -0.2) is 24.6 Å².